The highest BCUT2D eigenvalue weighted by Crippen LogP contribution is 2.23. The Hall–Kier alpha value is -1.56. The molecular formula is C12H15BrN2O3. The van der Waals surface area contributed by atoms with Gasteiger partial charge in [0.1, 0.15) is 5.75 Å². The zero-order valence-electron chi connectivity index (χ0n) is 9.82. The zero-order chi connectivity index (χ0) is 13.4. The first-order valence-electron chi connectivity index (χ1n) is 5.49. The van der Waals surface area contributed by atoms with Gasteiger partial charge in [0.15, 0.2) is 0 Å². The van der Waals surface area contributed by atoms with Gasteiger partial charge in [-0.05, 0) is 12.1 Å². The van der Waals surface area contributed by atoms with Crippen LogP contribution in [0.2, 0.25) is 0 Å². The van der Waals surface area contributed by atoms with Gasteiger partial charge in [0.2, 0.25) is 11.8 Å². The molecule has 0 heterocycles. The standard InChI is InChI=1S/C12H15BrN2O3/c13-7-5-12(17)15-9-3-1-2-4-10(9)18-8-6-11(14)16/h1-4H,5-8H2,(H2,14,16)(H,15,17). The largest absolute Gasteiger partial charge is 0.491 e. The van der Waals surface area contributed by atoms with Crippen LogP contribution in [0.3, 0.4) is 0 Å². The number of carbonyl (C=O) groups is 2. The summed E-state index contributed by atoms with van der Waals surface area (Å²) in [7, 11) is 0. The van der Waals surface area contributed by atoms with Crippen molar-refractivity contribution in [1.29, 1.82) is 0 Å². The van der Waals surface area contributed by atoms with Crippen molar-refractivity contribution in [1.82, 2.24) is 0 Å². The van der Waals surface area contributed by atoms with Gasteiger partial charge in [-0.1, -0.05) is 28.1 Å². The molecule has 0 fully saturated rings. The number of nitrogens with two attached hydrogens (primary N) is 1. The lowest BCUT2D eigenvalue weighted by Gasteiger charge is -2.11. The number of amides is 2. The second-order valence-electron chi connectivity index (χ2n) is 3.55. The molecule has 2 amide bonds. The number of halogens is 1. The third-order valence-corrected chi connectivity index (χ3v) is 2.49. The molecule has 0 radical (unpaired) electrons. The number of para-hydroxylation sites is 2. The second kappa shape index (κ2) is 7.71. The Morgan fingerprint density at radius 3 is 2.67 bits per heavy atom. The molecule has 0 saturated heterocycles. The molecule has 1 aromatic rings. The molecule has 0 atom stereocenters. The number of ether oxygens (including phenoxy) is 1. The number of anilines is 1. The maximum absolute atomic E-state index is 11.5. The van der Waals surface area contributed by atoms with Gasteiger partial charge in [-0.3, -0.25) is 9.59 Å². The molecule has 0 aliphatic carbocycles. The lowest BCUT2D eigenvalue weighted by Crippen LogP contribution is -2.16. The smallest absolute Gasteiger partial charge is 0.225 e. The van der Waals surface area contributed by atoms with E-state index in [-0.39, 0.29) is 18.9 Å². The van der Waals surface area contributed by atoms with E-state index in [1.54, 1.807) is 24.3 Å². The van der Waals surface area contributed by atoms with Crippen LogP contribution >= 0.6 is 15.9 Å². The fourth-order valence-corrected chi connectivity index (χ4v) is 1.62. The normalized spacial score (nSPS) is 9.83. The number of primary amides is 1. The SMILES string of the molecule is NC(=O)CCOc1ccccc1NC(=O)CCBr. The minimum absolute atomic E-state index is 0.0992. The zero-order valence-corrected chi connectivity index (χ0v) is 11.4. The van der Waals surface area contributed by atoms with Crippen molar-refractivity contribution in [3.05, 3.63) is 24.3 Å². The Balaban J connectivity index is 2.61. The predicted molar refractivity (Wildman–Crippen MR) is 72.8 cm³/mol. The summed E-state index contributed by atoms with van der Waals surface area (Å²) in [5, 5.41) is 3.34. The van der Waals surface area contributed by atoms with Crippen LogP contribution in [0.5, 0.6) is 5.75 Å². The third kappa shape index (κ3) is 5.18. The van der Waals surface area contributed by atoms with Crippen molar-refractivity contribution in [2.45, 2.75) is 12.8 Å². The summed E-state index contributed by atoms with van der Waals surface area (Å²) in [6, 6.07) is 7.06. The molecule has 18 heavy (non-hydrogen) atoms. The third-order valence-electron chi connectivity index (χ3n) is 2.09. The van der Waals surface area contributed by atoms with E-state index in [2.05, 4.69) is 21.2 Å². The van der Waals surface area contributed by atoms with E-state index in [4.69, 9.17) is 10.5 Å². The van der Waals surface area contributed by atoms with Crippen LogP contribution in [-0.4, -0.2) is 23.8 Å². The Morgan fingerprint density at radius 2 is 2.00 bits per heavy atom. The molecule has 3 N–H and O–H groups in total. The average Bonchev–Trinajstić information content (AvgIpc) is 2.31. The first kappa shape index (κ1) is 14.5. The van der Waals surface area contributed by atoms with Gasteiger partial charge in [-0.15, -0.1) is 0 Å². The summed E-state index contributed by atoms with van der Waals surface area (Å²) >= 11 is 3.20. The molecule has 0 unspecified atom stereocenters. The predicted octanol–water partition coefficient (Wildman–Crippen LogP) is 1.66. The molecule has 0 aliphatic heterocycles. The average molecular weight is 315 g/mol. The highest BCUT2D eigenvalue weighted by Gasteiger charge is 2.07. The first-order chi connectivity index (χ1) is 8.63. The van der Waals surface area contributed by atoms with Crippen LogP contribution < -0.4 is 15.8 Å². The number of hydrogen-bond donors (Lipinski definition) is 2. The van der Waals surface area contributed by atoms with Crippen molar-refractivity contribution >= 4 is 33.4 Å². The molecule has 6 heteroatoms. The highest BCUT2D eigenvalue weighted by atomic mass is 79.9. The fourth-order valence-electron chi connectivity index (χ4n) is 1.26. The summed E-state index contributed by atoms with van der Waals surface area (Å²) in [6.07, 6.45) is 0.527. The van der Waals surface area contributed by atoms with Crippen LogP contribution in [-0.2, 0) is 9.59 Å². The summed E-state index contributed by atoms with van der Waals surface area (Å²) < 4.78 is 5.40. The monoisotopic (exact) mass is 314 g/mol. The van der Waals surface area contributed by atoms with Crippen LogP contribution in [0, 0.1) is 0 Å². The lowest BCUT2D eigenvalue weighted by atomic mass is 10.3. The quantitative estimate of drug-likeness (QED) is 0.751. The van der Waals surface area contributed by atoms with Crippen molar-refractivity contribution in [2.75, 3.05) is 17.3 Å². The maximum Gasteiger partial charge on any atom is 0.225 e. The minimum atomic E-state index is -0.421. The Bertz CT molecular complexity index is 424. The molecular weight excluding hydrogens is 300 g/mol. The number of alkyl halides is 1. The number of carbonyl (C=O) groups excluding carboxylic acids is 2. The molecule has 1 aromatic carbocycles. The highest BCUT2D eigenvalue weighted by molar-refractivity contribution is 9.09. The van der Waals surface area contributed by atoms with Crippen molar-refractivity contribution < 1.29 is 14.3 Å². The topological polar surface area (TPSA) is 81.4 Å². The molecule has 0 bridgehead atoms. The Morgan fingerprint density at radius 1 is 1.28 bits per heavy atom. The van der Waals surface area contributed by atoms with E-state index in [0.717, 1.165) is 0 Å². The fraction of sp³-hybridized carbons (Fsp3) is 0.333. The van der Waals surface area contributed by atoms with Gasteiger partial charge in [0, 0.05) is 11.8 Å². The molecule has 5 nitrogen and oxygen atoms in total. The number of rotatable bonds is 7. The van der Waals surface area contributed by atoms with E-state index in [1.807, 2.05) is 0 Å². The van der Waals surface area contributed by atoms with Gasteiger partial charge < -0.3 is 15.8 Å². The maximum atomic E-state index is 11.5. The van der Waals surface area contributed by atoms with E-state index >= 15 is 0 Å². The lowest BCUT2D eigenvalue weighted by molar-refractivity contribution is -0.118. The van der Waals surface area contributed by atoms with E-state index in [0.29, 0.717) is 23.2 Å². The second-order valence-corrected chi connectivity index (χ2v) is 4.34. The first-order valence-corrected chi connectivity index (χ1v) is 6.61. The van der Waals surface area contributed by atoms with Crippen LogP contribution in [0.15, 0.2) is 24.3 Å². The molecule has 1 rings (SSSR count). The van der Waals surface area contributed by atoms with Crippen LogP contribution in [0.4, 0.5) is 5.69 Å². The van der Waals surface area contributed by atoms with Gasteiger partial charge in [-0.25, -0.2) is 0 Å². The van der Waals surface area contributed by atoms with Crippen molar-refractivity contribution in [3.63, 3.8) is 0 Å². The van der Waals surface area contributed by atoms with Gasteiger partial charge in [0.05, 0.1) is 18.7 Å². The summed E-state index contributed by atoms with van der Waals surface area (Å²) in [5.41, 5.74) is 5.61. The molecule has 0 spiro atoms. The summed E-state index contributed by atoms with van der Waals surface area (Å²) in [5.74, 6) is 0.00954. The minimum Gasteiger partial charge on any atom is -0.491 e. The van der Waals surface area contributed by atoms with E-state index < -0.39 is 5.91 Å². The van der Waals surface area contributed by atoms with Gasteiger partial charge >= 0.3 is 0 Å². The summed E-state index contributed by atoms with van der Waals surface area (Å²) in [6.45, 7) is 0.195. The van der Waals surface area contributed by atoms with Crippen molar-refractivity contribution in [3.8, 4) is 5.75 Å². The molecule has 0 aromatic heterocycles. The van der Waals surface area contributed by atoms with Crippen molar-refractivity contribution in [2.24, 2.45) is 5.73 Å². The van der Waals surface area contributed by atoms with Crippen LogP contribution in [0.25, 0.3) is 0 Å². The molecule has 0 saturated carbocycles. The molecule has 98 valence electrons. The number of nitrogens with one attached hydrogen (secondary N) is 1. The number of hydrogen-bond acceptors (Lipinski definition) is 3. The van der Waals surface area contributed by atoms with Gasteiger partial charge in [-0.2, -0.15) is 0 Å². The Labute approximate surface area is 114 Å². The van der Waals surface area contributed by atoms with E-state index in [9.17, 15) is 9.59 Å². The number of benzene rings is 1. The van der Waals surface area contributed by atoms with Crippen LogP contribution in [0.1, 0.15) is 12.8 Å². The van der Waals surface area contributed by atoms with Gasteiger partial charge in [0.25, 0.3) is 0 Å². The van der Waals surface area contributed by atoms with E-state index in [1.165, 1.54) is 0 Å². The Kier molecular flexibility index (Phi) is 6.21. The summed E-state index contributed by atoms with van der Waals surface area (Å²) in [4.78, 5) is 22.1. The molecule has 0 aliphatic rings.